The highest BCUT2D eigenvalue weighted by molar-refractivity contribution is 5.94. The van der Waals surface area contributed by atoms with Gasteiger partial charge in [0, 0.05) is 47.4 Å². The van der Waals surface area contributed by atoms with Crippen LogP contribution in [0.1, 0.15) is 45.5 Å². The fraction of sp³-hybridized carbons (Fsp3) is 0.385. The molecule has 0 saturated carbocycles. The topological polar surface area (TPSA) is 113 Å². The minimum atomic E-state index is -0.0348. The summed E-state index contributed by atoms with van der Waals surface area (Å²) in [4.78, 5) is 4.61. The van der Waals surface area contributed by atoms with E-state index in [0.29, 0.717) is 47.0 Å². The van der Waals surface area contributed by atoms with Crippen molar-refractivity contribution >= 4 is 0 Å². The number of methoxy groups -OCH3 is 5. The molecule has 2 heterocycles. The van der Waals surface area contributed by atoms with Gasteiger partial charge < -0.3 is 39.0 Å². The van der Waals surface area contributed by atoms with Gasteiger partial charge in [0.15, 0.2) is 34.5 Å². The highest BCUT2D eigenvalue weighted by atomic mass is 16.5. The summed E-state index contributed by atoms with van der Waals surface area (Å²) in [6, 6.07) is 11.1. The Balaban J connectivity index is 1.42. The van der Waals surface area contributed by atoms with Gasteiger partial charge in [0.25, 0.3) is 0 Å². The third-order valence-corrected chi connectivity index (χ3v) is 10.8. The number of ether oxygens (including phenoxy) is 5. The van der Waals surface area contributed by atoms with Gasteiger partial charge in [-0.2, -0.15) is 0 Å². The lowest BCUT2D eigenvalue weighted by Crippen LogP contribution is -2.36. The first kappa shape index (κ1) is 32.7. The number of likely N-dealkylation sites (N-methyl/N-ethyl adjacent to an activating group) is 2. The maximum absolute atomic E-state index is 11.9. The average Bonchev–Trinajstić information content (AvgIpc) is 3.10. The summed E-state index contributed by atoms with van der Waals surface area (Å²) in [6.45, 7) is 1.67. The van der Waals surface area contributed by atoms with Crippen LogP contribution in [0, 0.1) is 0 Å². The van der Waals surface area contributed by atoms with Gasteiger partial charge in [-0.3, -0.25) is 9.80 Å². The van der Waals surface area contributed by atoms with Crippen molar-refractivity contribution in [1.82, 2.24) is 9.80 Å². The molecule has 0 bridgehead atoms. The molecule has 3 N–H and O–H groups in total. The molecule has 2 atom stereocenters. The van der Waals surface area contributed by atoms with Crippen molar-refractivity contribution in [3.63, 3.8) is 0 Å². The van der Waals surface area contributed by atoms with Crippen molar-refractivity contribution in [1.29, 1.82) is 0 Å². The Morgan fingerprint density at radius 3 is 2.08 bits per heavy atom. The second-order valence-electron chi connectivity index (χ2n) is 13.2. The second-order valence-corrected chi connectivity index (χ2v) is 13.2. The summed E-state index contributed by atoms with van der Waals surface area (Å²) >= 11 is 0. The van der Waals surface area contributed by atoms with Crippen LogP contribution in [-0.2, 0) is 25.7 Å². The summed E-state index contributed by atoms with van der Waals surface area (Å²) in [5.74, 6) is 2.64. The number of rotatable bonds is 8. The molecule has 4 aromatic rings. The van der Waals surface area contributed by atoms with E-state index in [1.807, 2.05) is 30.3 Å². The average molecular weight is 669 g/mol. The maximum Gasteiger partial charge on any atom is 0.204 e. The summed E-state index contributed by atoms with van der Waals surface area (Å²) in [5.41, 5.74) is 9.01. The molecule has 1 aliphatic carbocycles. The molecule has 3 aliphatic rings. The van der Waals surface area contributed by atoms with Crippen LogP contribution in [0.5, 0.6) is 46.0 Å². The summed E-state index contributed by atoms with van der Waals surface area (Å²) in [5, 5.41) is 34.0. The van der Waals surface area contributed by atoms with Gasteiger partial charge in [0.05, 0.1) is 35.5 Å². The van der Waals surface area contributed by atoms with E-state index >= 15 is 0 Å². The van der Waals surface area contributed by atoms with E-state index in [4.69, 9.17) is 23.7 Å². The Morgan fingerprint density at radius 1 is 0.673 bits per heavy atom. The number of nitrogens with zero attached hydrogens (tertiary/aromatic N) is 2. The Kier molecular flexibility index (Phi) is 8.40. The first-order valence-electron chi connectivity index (χ1n) is 16.6. The van der Waals surface area contributed by atoms with Gasteiger partial charge in [-0.05, 0) is 103 Å². The smallest absolute Gasteiger partial charge is 0.204 e. The summed E-state index contributed by atoms with van der Waals surface area (Å²) < 4.78 is 29.1. The van der Waals surface area contributed by atoms with Crippen molar-refractivity contribution in [2.24, 2.45) is 0 Å². The van der Waals surface area contributed by atoms with E-state index in [1.54, 1.807) is 34.5 Å². The number of phenols is 3. The van der Waals surface area contributed by atoms with Crippen LogP contribution in [0.3, 0.4) is 0 Å². The standard InChI is InChI=1S/C39H44N2O8/c1-40-12-10-21-16-31(45-3)30(43)18-23(21)27(40)15-20-8-9-29(42)26(14-20)33-24-17-28-34-22(11-13-41(28)2)37(47-5)39(49-7)38(48-6)35(34)25(24)19-32(46-4)36(33)44/h8-9,14,16,18-19,27-28,42-44H,10-13,15,17H2,1-7H3. The fourth-order valence-electron chi connectivity index (χ4n) is 8.32. The number of benzene rings is 4. The minimum Gasteiger partial charge on any atom is -0.507 e. The predicted octanol–water partition coefficient (Wildman–Crippen LogP) is 6.04. The molecule has 2 unspecified atom stereocenters. The van der Waals surface area contributed by atoms with E-state index in [9.17, 15) is 15.3 Å². The summed E-state index contributed by atoms with van der Waals surface area (Å²) in [6.07, 6.45) is 2.84. The molecule has 0 amide bonds. The summed E-state index contributed by atoms with van der Waals surface area (Å²) in [7, 11) is 12.2. The SMILES string of the molecule is COc1cc2c(cc1O)C(Cc1ccc(O)c(-c3c(O)c(OC)cc4c3CC3c5c(c(OC)c(OC)c(OC)c5-4)CCN3C)c1)N(C)CC2. The maximum atomic E-state index is 11.9. The molecule has 4 aromatic carbocycles. The monoisotopic (exact) mass is 668 g/mol. The third-order valence-electron chi connectivity index (χ3n) is 10.8. The van der Waals surface area contributed by atoms with E-state index in [1.165, 1.54) is 7.11 Å². The van der Waals surface area contributed by atoms with Crippen molar-refractivity contribution in [3.8, 4) is 68.2 Å². The van der Waals surface area contributed by atoms with Crippen LogP contribution in [0.25, 0.3) is 22.3 Å². The lowest BCUT2D eigenvalue weighted by atomic mass is 9.73. The molecule has 258 valence electrons. The quantitative estimate of drug-likeness (QED) is 0.206. The largest absolute Gasteiger partial charge is 0.507 e. The van der Waals surface area contributed by atoms with Crippen LogP contribution in [0.2, 0.25) is 0 Å². The van der Waals surface area contributed by atoms with Crippen LogP contribution in [0.15, 0.2) is 36.4 Å². The molecule has 0 radical (unpaired) electrons. The Labute approximate surface area is 287 Å². The van der Waals surface area contributed by atoms with Gasteiger partial charge in [-0.15, -0.1) is 0 Å². The zero-order valence-electron chi connectivity index (χ0n) is 29.1. The predicted molar refractivity (Wildman–Crippen MR) is 187 cm³/mol. The normalized spacial score (nSPS) is 18.3. The Bertz CT molecular complexity index is 1960. The van der Waals surface area contributed by atoms with E-state index < -0.39 is 0 Å². The first-order chi connectivity index (χ1) is 23.6. The number of hydrogen-bond donors (Lipinski definition) is 3. The van der Waals surface area contributed by atoms with Crippen LogP contribution in [-0.4, -0.2) is 87.9 Å². The molecule has 0 saturated heterocycles. The Morgan fingerprint density at radius 2 is 1.39 bits per heavy atom. The zero-order chi connectivity index (χ0) is 34.7. The molecule has 10 nitrogen and oxygen atoms in total. The number of phenolic OH excluding ortho intramolecular Hbond substituents is 3. The third kappa shape index (κ3) is 5.08. The first-order valence-corrected chi connectivity index (χ1v) is 16.6. The van der Waals surface area contributed by atoms with Crippen molar-refractivity contribution in [2.75, 3.05) is 62.7 Å². The molecular formula is C39H44N2O8. The van der Waals surface area contributed by atoms with Crippen molar-refractivity contribution < 1.29 is 39.0 Å². The minimum absolute atomic E-state index is 0.0151. The molecule has 0 aromatic heterocycles. The Hall–Kier alpha value is -4.80. The van der Waals surface area contributed by atoms with Gasteiger partial charge >= 0.3 is 0 Å². The van der Waals surface area contributed by atoms with Crippen molar-refractivity contribution in [3.05, 3.63) is 69.8 Å². The lowest BCUT2D eigenvalue weighted by molar-refractivity contribution is 0.222. The fourth-order valence-corrected chi connectivity index (χ4v) is 8.32. The number of hydrogen-bond acceptors (Lipinski definition) is 10. The van der Waals surface area contributed by atoms with Gasteiger partial charge in [0.2, 0.25) is 5.75 Å². The molecule has 0 fully saturated rings. The number of aromatic hydroxyl groups is 3. The van der Waals surface area contributed by atoms with Crippen LogP contribution >= 0.6 is 0 Å². The molecule has 2 aliphatic heterocycles. The van der Waals surface area contributed by atoms with E-state index in [0.717, 1.165) is 70.4 Å². The van der Waals surface area contributed by atoms with E-state index in [2.05, 4.69) is 23.9 Å². The van der Waals surface area contributed by atoms with Gasteiger partial charge in [-0.1, -0.05) is 6.07 Å². The van der Waals surface area contributed by atoms with Crippen LogP contribution in [0.4, 0.5) is 0 Å². The van der Waals surface area contributed by atoms with Gasteiger partial charge in [-0.25, -0.2) is 0 Å². The highest BCUT2D eigenvalue weighted by Crippen LogP contribution is 2.60. The van der Waals surface area contributed by atoms with Gasteiger partial charge in [0.1, 0.15) is 5.75 Å². The second kappa shape index (κ2) is 12.6. The zero-order valence-corrected chi connectivity index (χ0v) is 29.1. The molecular weight excluding hydrogens is 624 g/mol. The molecule has 7 rings (SSSR count). The van der Waals surface area contributed by atoms with Crippen molar-refractivity contribution in [2.45, 2.75) is 37.8 Å². The van der Waals surface area contributed by atoms with E-state index in [-0.39, 0.29) is 35.1 Å². The molecule has 10 heteroatoms. The highest BCUT2D eigenvalue weighted by Gasteiger charge is 2.41. The lowest BCUT2D eigenvalue weighted by Gasteiger charge is -2.42. The number of fused-ring (bicyclic) bond motifs is 3. The molecule has 0 spiro atoms. The molecule has 49 heavy (non-hydrogen) atoms. The van der Waals surface area contributed by atoms with Crippen LogP contribution < -0.4 is 23.7 Å².